The Labute approximate surface area is 166 Å². The van der Waals surface area contributed by atoms with E-state index in [9.17, 15) is 9.59 Å². The molecule has 0 aromatic heterocycles. The van der Waals surface area contributed by atoms with E-state index in [0.29, 0.717) is 12.1 Å². The van der Waals surface area contributed by atoms with Crippen LogP contribution in [-0.2, 0) is 13.1 Å². The molecular formula is C22H28N4O2. The Morgan fingerprint density at radius 1 is 1.00 bits per heavy atom. The summed E-state index contributed by atoms with van der Waals surface area (Å²) in [4.78, 5) is 26.3. The van der Waals surface area contributed by atoms with Gasteiger partial charge in [-0.25, -0.2) is 4.79 Å². The average molecular weight is 380 g/mol. The normalized spacial score (nSPS) is 15.0. The lowest BCUT2D eigenvalue weighted by Gasteiger charge is -2.32. The van der Waals surface area contributed by atoms with Crippen molar-refractivity contribution in [1.29, 1.82) is 0 Å². The summed E-state index contributed by atoms with van der Waals surface area (Å²) >= 11 is 0. The Morgan fingerprint density at radius 3 is 2.43 bits per heavy atom. The van der Waals surface area contributed by atoms with Crippen LogP contribution in [0.4, 0.5) is 4.79 Å². The second-order valence-electron chi connectivity index (χ2n) is 7.14. The van der Waals surface area contributed by atoms with Crippen molar-refractivity contribution in [2.45, 2.75) is 32.0 Å². The maximum atomic E-state index is 12.2. The first-order valence-electron chi connectivity index (χ1n) is 9.75. The van der Waals surface area contributed by atoms with Gasteiger partial charge >= 0.3 is 6.03 Å². The van der Waals surface area contributed by atoms with Gasteiger partial charge < -0.3 is 16.0 Å². The van der Waals surface area contributed by atoms with Gasteiger partial charge in [0, 0.05) is 44.8 Å². The number of rotatable bonds is 6. The van der Waals surface area contributed by atoms with Crippen LogP contribution in [-0.4, -0.2) is 43.0 Å². The molecule has 0 atom stereocenters. The summed E-state index contributed by atoms with van der Waals surface area (Å²) in [5.74, 6) is -0.131. The van der Waals surface area contributed by atoms with Gasteiger partial charge in [-0.2, -0.15) is 0 Å². The third-order valence-corrected chi connectivity index (χ3v) is 5.04. The van der Waals surface area contributed by atoms with Crippen LogP contribution in [0.2, 0.25) is 0 Å². The second kappa shape index (κ2) is 9.90. The van der Waals surface area contributed by atoms with Gasteiger partial charge in [0.2, 0.25) is 0 Å². The minimum atomic E-state index is -0.160. The number of amides is 3. The lowest BCUT2D eigenvalue weighted by atomic mass is 10.0. The highest BCUT2D eigenvalue weighted by atomic mass is 16.2. The molecule has 148 valence electrons. The summed E-state index contributed by atoms with van der Waals surface area (Å²) in [6, 6.07) is 17.8. The van der Waals surface area contributed by atoms with E-state index in [4.69, 9.17) is 0 Å². The van der Waals surface area contributed by atoms with Gasteiger partial charge in [-0.05, 0) is 36.1 Å². The van der Waals surface area contributed by atoms with E-state index in [1.165, 1.54) is 5.56 Å². The molecule has 1 heterocycles. The number of carbonyl (C=O) groups is 2. The molecule has 28 heavy (non-hydrogen) atoms. The zero-order valence-corrected chi connectivity index (χ0v) is 16.3. The largest absolute Gasteiger partial charge is 0.355 e. The maximum Gasteiger partial charge on any atom is 0.315 e. The fraction of sp³-hybridized carbons (Fsp3) is 0.364. The number of likely N-dealkylation sites (tertiary alicyclic amines) is 1. The quantitative estimate of drug-likeness (QED) is 0.721. The smallest absolute Gasteiger partial charge is 0.315 e. The Hall–Kier alpha value is -2.86. The number of nitrogens with one attached hydrogen (secondary N) is 3. The molecule has 3 rings (SSSR count). The summed E-state index contributed by atoms with van der Waals surface area (Å²) in [6.45, 7) is 3.31. The van der Waals surface area contributed by atoms with E-state index in [-0.39, 0.29) is 18.0 Å². The van der Waals surface area contributed by atoms with Crippen molar-refractivity contribution in [3.8, 4) is 0 Å². The molecule has 0 bridgehead atoms. The van der Waals surface area contributed by atoms with Crippen molar-refractivity contribution in [2.24, 2.45) is 0 Å². The molecule has 3 N–H and O–H groups in total. The van der Waals surface area contributed by atoms with Crippen molar-refractivity contribution in [3.63, 3.8) is 0 Å². The third kappa shape index (κ3) is 5.82. The van der Waals surface area contributed by atoms with Crippen molar-refractivity contribution in [1.82, 2.24) is 20.9 Å². The van der Waals surface area contributed by atoms with E-state index < -0.39 is 0 Å². The Balaban J connectivity index is 1.39. The fourth-order valence-corrected chi connectivity index (χ4v) is 3.46. The second-order valence-corrected chi connectivity index (χ2v) is 7.14. The van der Waals surface area contributed by atoms with Gasteiger partial charge in [-0.15, -0.1) is 0 Å². The third-order valence-electron chi connectivity index (χ3n) is 5.04. The number of hydrogen-bond donors (Lipinski definition) is 3. The number of benzene rings is 2. The van der Waals surface area contributed by atoms with Crippen LogP contribution in [0.15, 0.2) is 54.6 Å². The van der Waals surface area contributed by atoms with Gasteiger partial charge in [-0.3, -0.25) is 9.69 Å². The highest BCUT2D eigenvalue weighted by Gasteiger charge is 2.20. The summed E-state index contributed by atoms with van der Waals surface area (Å²) in [5.41, 5.74) is 2.81. The SMILES string of the molecule is CNC(=O)c1cccc(CNC(=O)NC2CCN(Cc3ccccc3)CC2)c1. The van der Waals surface area contributed by atoms with Crippen LogP contribution < -0.4 is 16.0 Å². The molecule has 1 aliphatic rings. The predicted octanol–water partition coefficient (Wildman–Crippen LogP) is 2.51. The van der Waals surface area contributed by atoms with Crippen LogP contribution >= 0.6 is 0 Å². The van der Waals surface area contributed by atoms with Gasteiger partial charge in [-0.1, -0.05) is 42.5 Å². The number of piperidine rings is 1. The maximum absolute atomic E-state index is 12.2. The molecule has 0 aliphatic carbocycles. The Morgan fingerprint density at radius 2 is 1.71 bits per heavy atom. The molecule has 6 nitrogen and oxygen atoms in total. The van der Waals surface area contributed by atoms with Crippen LogP contribution in [0.1, 0.15) is 34.3 Å². The molecule has 3 amide bonds. The fourth-order valence-electron chi connectivity index (χ4n) is 3.46. The monoisotopic (exact) mass is 380 g/mol. The number of urea groups is 1. The zero-order valence-electron chi connectivity index (χ0n) is 16.3. The molecule has 1 saturated heterocycles. The van der Waals surface area contributed by atoms with E-state index in [0.717, 1.165) is 38.0 Å². The van der Waals surface area contributed by atoms with E-state index >= 15 is 0 Å². The van der Waals surface area contributed by atoms with E-state index in [2.05, 4.69) is 45.1 Å². The first kappa shape index (κ1) is 19.9. The van der Waals surface area contributed by atoms with Gasteiger partial charge in [0.15, 0.2) is 0 Å². The summed E-state index contributed by atoms with van der Waals surface area (Å²) in [6.07, 6.45) is 1.90. The van der Waals surface area contributed by atoms with Crippen molar-refractivity contribution in [3.05, 3.63) is 71.3 Å². The van der Waals surface area contributed by atoms with Crippen LogP contribution in [0.25, 0.3) is 0 Å². The predicted molar refractivity (Wildman–Crippen MR) is 110 cm³/mol. The molecule has 0 radical (unpaired) electrons. The minimum Gasteiger partial charge on any atom is -0.355 e. The summed E-state index contributed by atoms with van der Waals surface area (Å²) in [5, 5.41) is 8.56. The molecule has 1 aliphatic heterocycles. The molecule has 1 fully saturated rings. The first-order chi connectivity index (χ1) is 13.6. The number of nitrogens with zero attached hydrogens (tertiary/aromatic N) is 1. The molecule has 6 heteroatoms. The summed E-state index contributed by atoms with van der Waals surface area (Å²) < 4.78 is 0. The van der Waals surface area contributed by atoms with Gasteiger partial charge in [0.05, 0.1) is 0 Å². The molecule has 2 aromatic carbocycles. The minimum absolute atomic E-state index is 0.131. The zero-order chi connectivity index (χ0) is 19.8. The first-order valence-corrected chi connectivity index (χ1v) is 9.75. The van der Waals surface area contributed by atoms with E-state index in [1.54, 1.807) is 19.2 Å². The molecule has 2 aromatic rings. The standard InChI is InChI=1S/C22H28N4O2/c1-23-21(27)19-9-5-8-18(14-19)15-24-22(28)25-20-10-12-26(13-11-20)16-17-6-3-2-4-7-17/h2-9,14,20H,10-13,15-16H2,1H3,(H,23,27)(H2,24,25,28). The molecular weight excluding hydrogens is 352 g/mol. The highest BCUT2D eigenvalue weighted by Crippen LogP contribution is 2.14. The van der Waals surface area contributed by atoms with E-state index in [1.807, 2.05) is 18.2 Å². The summed E-state index contributed by atoms with van der Waals surface area (Å²) in [7, 11) is 1.60. The Bertz CT molecular complexity index is 786. The van der Waals surface area contributed by atoms with Crippen molar-refractivity contribution in [2.75, 3.05) is 20.1 Å². The lowest BCUT2D eigenvalue weighted by Crippen LogP contribution is -2.47. The highest BCUT2D eigenvalue weighted by molar-refractivity contribution is 5.94. The molecule has 0 unspecified atom stereocenters. The molecule has 0 spiro atoms. The number of carbonyl (C=O) groups excluding carboxylic acids is 2. The number of hydrogen-bond acceptors (Lipinski definition) is 3. The van der Waals surface area contributed by atoms with Gasteiger partial charge in [0.1, 0.15) is 0 Å². The average Bonchev–Trinajstić information content (AvgIpc) is 2.74. The van der Waals surface area contributed by atoms with Crippen molar-refractivity contribution >= 4 is 11.9 Å². The van der Waals surface area contributed by atoms with Gasteiger partial charge in [0.25, 0.3) is 5.91 Å². The lowest BCUT2D eigenvalue weighted by molar-refractivity contribution is 0.0963. The topological polar surface area (TPSA) is 73.5 Å². The Kier molecular flexibility index (Phi) is 7.03. The molecule has 0 saturated carbocycles. The van der Waals surface area contributed by atoms with Crippen LogP contribution in [0.3, 0.4) is 0 Å². The van der Waals surface area contributed by atoms with Crippen molar-refractivity contribution < 1.29 is 9.59 Å². The van der Waals surface area contributed by atoms with Crippen LogP contribution in [0, 0.1) is 0 Å². The van der Waals surface area contributed by atoms with Crippen LogP contribution in [0.5, 0.6) is 0 Å².